The van der Waals surface area contributed by atoms with Gasteiger partial charge in [0.15, 0.2) is 5.82 Å². The first-order chi connectivity index (χ1) is 4.99. The summed E-state index contributed by atoms with van der Waals surface area (Å²) in [5.41, 5.74) is 0. The van der Waals surface area contributed by atoms with E-state index in [4.69, 9.17) is 0 Å². The van der Waals surface area contributed by atoms with Crippen molar-refractivity contribution in [2.24, 2.45) is 11.4 Å². The first-order valence-corrected chi connectivity index (χ1v) is 5.47. The van der Waals surface area contributed by atoms with Gasteiger partial charge in [-0.1, -0.05) is 0 Å². The second-order valence-corrected chi connectivity index (χ2v) is 5.13. The van der Waals surface area contributed by atoms with Gasteiger partial charge in [0.1, 0.15) is 0 Å². The van der Waals surface area contributed by atoms with Crippen LogP contribution in [0, 0.1) is 0 Å². The van der Waals surface area contributed by atoms with Gasteiger partial charge in [0.2, 0.25) is 0 Å². The van der Waals surface area contributed by atoms with Crippen molar-refractivity contribution in [2.45, 2.75) is 0 Å². The molecule has 0 fully saturated rings. The van der Waals surface area contributed by atoms with Gasteiger partial charge < -0.3 is 0 Å². The van der Waals surface area contributed by atoms with Gasteiger partial charge in [-0.05, 0) is 0 Å². The van der Waals surface area contributed by atoms with Crippen LogP contribution in [0.25, 0.3) is 0 Å². The SMILES string of the molecule is Cn1nccc1N=S(C)(C)=O. The summed E-state index contributed by atoms with van der Waals surface area (Å²) in [5.74, 6) is 0.653. The molecule has 0 aliphatic carbocycles. The molecule has 0 aliphatic rings. The third-order valence-corrected chi connectivity index (χ3v) is 1.74. The van der Waals surface area contributed by atoms with Gasteiger partial charge in [0.05, 0.1) is 6.20 Å². The van der Waals surface area contributed by atoms with Crippen LogP contribution in [0.1, 0.15) is 0 Å². The van der Waals surface area contributed by atoms with Crippen molar-refractivity contribution < 1.29 is 4.21 Å². The molecule has 0 radical (unpaired) electrons. The van der Waals surface area contributed by atoms with Crippen LogP contribution >= 0.6 is 0 Å². The molecule has 0 bridgehead atoms. The summed E-state index contributed by atoms with van der Waals surface area (Å²) in [5, 5.41) is 3.90. The lowest BCUT2D eigenvalue weighted by atomic mass is 10.7. The molecule has 0 saturated heterocycles. The fraction of sp³-hybridized carbons (Fsp3) is 0.500. The topological polar surface area (TPSA) is 47.2 Å². The van der Waals surface area contributed by atoms with Crippen molar-refractivity contribution in [3.05, 3.63) is 12.3 Å². The highest BCUT2D eigenvalue weighted by Crippen LogP contribution is 2.10. The van der Waals surface area contributed by atoms with Crippen LogP contribution in [0.4, 0.5) is 5.82 Å². The van der Waals surface area contributed by atoms with Gasteiger partial charge in [-0.2, -0.15) is 9.46 Å². The standard InChI is InChI=1S/C6H11N3OS/c1-9-6(4-5-7-9)8-11(2,3)10/h4-5H,1-3H3. The minimum absolute atomic E-state index is 0.653. The molecule has 4 nitrogen and oxygen atoms in total. The van der Waals surface area contributed by atoms with Crippen LogP contribution in [0.2, 0.25) is 0 Å². The summed E-state index contributed by atoms with van der Waals surface area (Å²) in [6, 6.07) is 1.73. The van der Waals surface area contributed by atoms with E-state index >= 15 is 0 Å². The maximum atomic E-state index is 11.2. The minimum Gasteiger partial charge on any atom is -0.250 e. The fourth-order valence-corrected chi connectivity index (χ4v) is 1.31. The average Bonchev–Trinajstić information content (AvgIpc) is 2.12. The molecule has 62 valence electrons. The van der Waals surface area contributed by atoms with E-state index < -0.39 is 9.73 Å². The predicted octanol–water partition coefficient (Wildman–Crippen LogP) is 0.779. The highest BCUT2D eigenvalue weighted by molar-refractivity contribution is 7.92. The molecule has 0 aliphatic heterocycles. The summed E-state index contributed by atoms with van der Waals surface area (Å²) in [6.07, 6.45) is 4.82. The lowest BCUT2D eigenvalue weighted by molar-refractivity contribution is 0.683. The third-order valence-electron chi connectivity index (χ3n) is 1.11. The van der Waals surface area contributed by atoms with Crippen LogP contribution in [0.3, 0.4) is 0 Å². The molecular formula is C6H11N3OS. The van der Waals surface area contributed by atoms with Gasteiger partial charge >= 0.3 is 0 Å². The number of hydrogen-bond donors (Lipinski definition) is 0. The Hall–Kier alpha value is -0.840. The zero-order valence-corrected chi connectivity index (χ0v) is 7.63. The van der Waals surface area contributed by atoms with E-state index in [0.717, 1.165) is 0 Å². The molecule has 1 heterocycles. The zero-order valence-electron chi connectivity index (χ0n) is 6.81. The molecule has 1 aromatic rings. The maximum Gasteiger partial charge on any atom is 0.159 e. The number of aryl methyl sites for hydroxylation is 1. The van der Waals surface area contributed by atoms with Crippen LogP contribution in [0.15, 0.2) is 16.6 Å². The Morgan fingerprint density at radius 1 is 1.64 bits per heavy atom. The summed E-state index contributed by atoms with van der Waals surface area (Å²) in [7, 11) is -0.288. The van der Waals surface area contributed by atoms with Crippen molar-refractivity contribution in [1.29, 1.82) is 0 Å². The normalized spacial score (nSPS) is 11.5. The first kappa shape index (κ1) is 8.26. The maximum absolute atomic E-state index is 11.2. The molecule has 11 heavy (non-hydrogen) atoms. The van der Waals surface area contributed by atoms with Gasteiger partial charge in [-0.3, -0.25) is 4.68 Å². The average molecular weight is 173 g/mol. The summed E-state index contributed by atoms with van der Waals surface area (Å²) < 4.78 is 16.8. The molecule has 0 unspecified atom stereocenters. The van der Waals surface area contributed by atoms with Crippen molar-refractivity contribution in [3.63, 3.8) is 0 Å². The summed E-state index contributed by atoms with van der Waals surface area (Å²) >= 11 is 0. The summed E-state index contributed by atoms with van der Waals surface area (Å²) in [6.45, 7) is 0. The lowest BCUT2D eigenvalue weighted by Crippen LogP contribution is -1.93. The Morgan fingerprint density at radius 3 is 2.64 bits per heavy atom. The minimum atomic E-state index is -2.06. The second-order valence-electron chi connectivity index (χ2n) is 2.59. The van der Waals surface area contributed by atoms with Crippen LogP contribution in [-0.4, -0.2) is 26.5 Å². The highest BCUT2D eigenvalue weighted by atomic mass is 32.2. The number of nitrogens with zero attached hydrogens (tertiary/aromatic N) is 3. The van der Waals surface area contributed by atoms with Crippen LogP contribution in [-0.2, 0) is 16.8 Å². The molecule has 0 atom stereocenters. The molecule has 0 amide bonds. The first-order valence-electron chi connectivity index (χ1n) is 3.14. The van der Waals surface area contributed by atoms with Crippen LogP contribution in [0.5, 0.6) is 0 Å². The van der Waals surface area contributed by atoms with Crippen molar-refractivity contribution in [2.75, 3.05) is 12.5 Å². The van der Waals surface area contributed by atoms with Crippen LogP contribution < -0.4 is 0 Å². The molecule has 1 rings (SSSR count). The molecular weight excluding hydrogens is 162 g/mol. The lowest BCUT2D eigenvalue weighted by Gasteiger charge is -1.95. The Bertz CT molecular complexity index is 352. The van der Waals surface area contributed by atoms with Gasteiger partial charge in [-0.25, -0.2) is 4.21 Å². The zero-order chi connectivity index (χ0) is 8.48. The molecule has 5 heteroatoms. The van der Waals surface area contributed by atoms with Crippen molar-refractivity contribution in [1.82, 2.24) is 9.78 Å². The molecule has 0 N–H and O–H groups in total. The molecule has 0 saturated carbocycles. The molecule has 1 aromatic heterocycles. The number of aromatic nitrogens is 2. The van der Waals surface area contributed by atoms with Gasteiger partial charge in [0.25, 0.3) is 0 Å². The van der Waals surface area contributed by atoms with Crippen molar-refractivity contribution >= 4 is 15.5 Å². The van der Waals surface area contributed by atoms with E-state index in [1.54, 1.807) is 36.5 Å². The van der Waals surface area contributed by atoms with E-state index in [1.165, 1.54) is 0 Å². The quantitative estimate of drug-likeness (QED) is 0.630. The second kappa shape index (κ2) is 2.65. The molecule has 0 spiro atoms. The third kappa shape index (κ3) is 2.34. The van der Waals surface area contributed by atoms with Gasteiger partial charge in [0, 0.05) is 35.4 Å². The predicted molar refractivity (Wildman–Crippen MR) is 45.3 cm³/mol. The van der Waals surface area contributed by atoms with E-state index in [0.29, 0.717) is 5.82 Å². The van der Waals surface area contributed by atoms with Gasteiger partial charge in [-0.15, -0.1) is 0 Å². The Labute approximate surface area is 66.4 Å². The van der Waals surface area contributed by atoms with Crippen molar-refractivity contribution in [3.8, 4) is 0 Å². The Kier molecular flexibility index (Phi) is 1.99. The Balaban J connectivity index is 3.16. The Morgan fingerprint density at radius 2 is 2.27 bits per heavy atom. The largest absolute Gasteiger partial charge is 0.250 e. The monoisotopic (exact) mass is 173 g/mol. The number of rotatable bonds is 1. The molecule has 0 aromatic carbocycles. The fourth-order valence-electron chi connectivity index (χ4n) is 0.682. The van der Waals surface area contributed by atoms with E-state index in [-0.39, 0.29) is 0 Å². The smallest absolute Gasteiger partial charge is 0.159 e. The van der Waals surface area contributed by atoms with E-state index in [2.05, 4.69) is 9.46 Å². The van der Waals surface area contributed by atoms with E-state index in [9.17, 15) is 4.21 Å². The number of hydrogen-bond acceptors (Lipinski definition) is 3. The summed E-state index contributed by atoms with van der Waals surface area (Å²) in [4.78, 5) is 0. The highest BCUT2D eigenvalue weighted by Gasteiger charge is 1.96. The van der Waals surface area contributed by atoms with E-state index in [1.807, 2.05) is 0 Å².